The normalized spacial score (nSPS) is 17.0. The number of nitrogens with zero attached hydrogens (tertiary/aromatic N) is 1. The van der Waals surface area contributed by atoms with Gasteiger partial charge in [-0.3, -0.25) is 4.99 Å². The van der Waals surface area contributed by atoms with Crippen LogP contribution in [0.5, 0.6) is 5.75 Å². The summed E-state index contributed by atoms with van der Waals surface area (Å²) in [6, 6.07) is 12.3. The third-order valence-corrected chi connectivity index (χ3v) is 4.71. The predicted molar refractivity (Wildman–Crippen MR) is 95.4 cm³/mol. The molecule has 0 radical (unpaired) electrons. The zero-order valence-corrected chi connectivity index (χ0v) is 13.9. The second-order valence-corrected chi connectivity index (χ2v) is 6.99. The first kappa shape index (κ1) is 15.6. The maximum atomic E-state index is 12.1. The van der Waals surface area contributed by atoms with E-state index in [-0.39, 0.29) is 0 Å². The summed E-state index contributed by atoms with van der Waals surface area (Å²) in [6.45, 7) is 5.02. The van der Waals surface area contributed by atoms with Gasteiger partial charge in [0, 0.05) is 16.5 Å². The number of anilines is 1. The van der Waals surface area contributed by atoms with Gasteiger partial charge >= 0.3 is 5.97 Å². The highest BCUT2D eigenvalue weighted by atomic mass is 32.2. The zero-order valence-electron chi connectivity index (χ0n) is 13.1. The Labute approximate surface area is 139 Å². The molecule has 0 fully saturated rings. The first-order chi connectivity index (χ1) is 11.0. The second kappa shape index (κ2) is 6.46. The molecule has 4 nitrogen and oxygen atoms in total. The van der Waals surface area contributed by atoms with Crippen molar-refractivity contribution in [1.29, 1.82) is 0 Å². The molecule has 0 saturated heterocycles. The Morgan fingerprint density at radius 3 is 2.61 bits per heavy atom. The summed E-state index contributed by atoms with van der Waals surface area (Å²) < 4.78 is 5.43. The predicted octanol–water partition coefficient (Wildman–Crippen LogP) is 3.68. The summed E-state index contributed by atoms with van der Waals surface area (Å²) in [4.78, 5) is 16.7. The van der Waals surface area contributed by atoms with Crippen molar-refractivity contribution in [2.45, 2.75) is 19.1 Å². The number of nitrogens with two attached hydrogens (primary N) is 1. The molecule has 1 heterocycles. The lowest BCUT2D eigenvalue weighted by Gasteiger charge is -2.09. The molecule has 0 bridgehead atoms. The SMILES string of the molecule is Cc1cc(OC(=O)c2ccc(N)cc2)ccc1C1=NC[C@@H](C)S1. The lowest BCUT2D eigenvalue weighted by atomic mass is 10.1. The molecule has 3 rings (SSSR count). The molecule has 1 aliphatic rings. The molecule has 0 spiro atoms. The molecule has 0 saturated carbocycles. The standard InChI is InChI=1S/C18H18N2O2S/c1-11-9-15(7-8-16(11)17-20-10-12(2)23-17)22-18(21)13-3-5-14(19)6-4-13/h3-9,12H,10,19H2,1-2H3/t12-/m1/s1. The van der Waals surface area contributed by atoms with Crippen LogP contribution in [0, 0.1) is 6.92 Å². The fourth-order valence-electron chi connectivity index (χ4n) is 2.35. The average Bonchev–Trinajstić information content (AvgIpc) is 2.94. The smallest absolute Gasteiger partial charge is 0.343 e. The molecule has 1 aliphatic heterocycles. The van der Waals surface area contributed by atoms with Crippen molar-refractivity contribution in [3.63, 3.8) is 0 Å². The number of benzene rings is 2. The molecule has 0 aromatic heterocycles. The first-order valence-electron chi connectivity index (χ1n) is 7.43. The Morgan fingerprint density at radius 1 is 1.26 bits per heavy atom. The quantitative estimate of drug-likeness (QED) is 0.531. The van der Waals surface area contributed by atoms with Crippen molar-refractivity contribution in [1.82, 2.24) is 0 Å². The Kier molecular flexibility index (Phi) is 4.39. The number of hydrogen-bond donors (Lipinski definition) is 1. The Morgan fingerprint density at radius 2 is 2.00 bits per heavy atom. The van der Waals surface area contributed by atoms with Gasteiger partial charge in [-0.05, 0) is 55.0 Å². The van der Waals surface area contributed by atoms with Gasteiger partial charge in [0.2, 0.25) is 0 Å². The molecular weight excluding hydrogens is 308 g/mol. The minimum Gasteiger partial charge on any atom is -0.423 e. The molecule has 23 heavy (non-hydrogen) atoms. The fraction of sp³-hybridized carbons (Fsp3) is 0.222. The highest BCUT2D eigenvalue weighted by molar-refractivity contribution is 8.15. The molecule has 2 aromatic carbocycles. The van der Waals surface area contributed by atoms with E-state index >= 15 is 0 Å². The van der Waals surface area contributed by atoms with Crippen molar-refractivity contribution in [2.75, 3.05) is 12.3 Å². The van der Waals surface area contributed by atoms with Crippen LogP contribution in [0.4, 0.5) is 5.69 Å². The van der Waals surface area contributed by atoms with Crippen LogP contribution in [-0.4, -0.2) is 22.8 Å². The van der Waals surface area contributed by atoms with Gasteiger partial charge in [0.15, 0.2) is 0 Å². The third-order valence-electron chi connectivity index (χ3n) is 3.59. The summed E-state index contributed by atoms with van der Waals surface area (Å²) in [6.07, 6.45) is 0. The van der Waals surface area contributed by atoms with Crippen LogP contribution < -0.4 is 10.5 Å². The van der Waals surface area contributed by atoms with E-state index in [4.69, 9.17) is 10.5 Å². The van der Waals surface area contributed by atoms with E-state index in [1.165, 1.54) is 0 Å². The second-order valence-electron chi connectivity index (χ2n) is 5.56. The maximum absolute atomic E-state index is 12.1. The van der Waals surface area contributed by atoms with E-state index in [2.05, 4.69) is 11.9 Å². The lowest BCUT2D eigenvalue weighted by Crippen LogP contribution is -2.09. The number of ether oxygens (including phenoxy) is 1. The van der Waals surface area contributed by atoms with Crippen LogP contribution in [0.15, 0.2) is 47.5 Å². The van der Waals surface area contributed by atoms with Gasteiger partial charge in [-0.1, -0.05) is 6.92 Å². The number of hydrogen-bond acceptors (Lipinski definition) is 5. The zero-order chi connectivity index (χ0) is 16.4. The van der Waals surface area contributed by atoms with Crippen molar-refractivity contribution in [3.05, 3.63) is 59.2 Å². The van der Waals surface area contributed by atoms with E-state index in [9.17, 15) is 4.79 Å². The number of carbonyl (C=O) groups excluding carboxylic acids is 1. The van der Waals surface area contributed by atoms with E-state index < -0.39 is 5.97 Å². The highest BCUT2D eigenvalue weighted by Crippen LogP contribution is 2.28. The van der Waals surface area contributed by atoms with Gasteiger partial charge in [-0.2, -0.15) is 0 Å². The Hall–Kier alpha value is -2.27. The molecule has 0 unspecified atom stereocenters. The number of nitrogen functional groups attached to an aromatic ring is 1. The largest absolute Gasteiger partial charge is 0.423 e. The maximum Gasteiger partial charge on any atom is 0.343 e. The molecular formula is C18H18N2O2S. The van der Waals surface area contributed by atoms with Crippen LogP contribution in [0.1, 0.15) is 28.4 Å². The van der Waals surface area contributed by atoms with E-state index in [1.807, 2.05) is 25.1 Å². The van der Waals surface area contributed by atoms with Gasteiger partial charge < -0.3 is 10.5 Å². The minimum atomic E-state index is -0.390. The van der Waals surface area contributed by atoms with Gasteiger partial charge in [0.25, 0.3) is 0 Å². The Bertz CT molecular complexity index is 769. The molecule has 0 aliphatic carbocycles. The van der Waals surface area contributed by atoms with Crippen molar-refractivity contribution in [3.8, 4) is 5.75 Å². The van der Waals surface area contributed by atoms with Crippen LogP contribution >= 0.6 is 11.8 Å². The monoisotopic (exact) mass is 326 g/mol. The summed E-state index contributed by atoms with van der Waals surface area (Å²) in [5.41, 5.74) is 8.87. The Balaban J connectivity index is 1.75. The minimum absolute atomic E-state index is 0.390. The van der Waals surface area contributed by atoms with Crippen molar-refractivity contribution in [2.24, 2.45) is 4.99 Å². The summed E-state index contributed by atoms with van der Waals surface area (Å²) in [5.74, 6) is 0.142. The molecule has 1 atom stereocenters. The van der Waals surface area contributed by atoms with Crippen LogP contribution in [0.2, 0.25) is 0 Å². The van der Waals surface area contributed by atoms with Crippen molar-refractivity contribution < 1.29 is 9.53 Å². The molecule has 0 amide bonds. The van der Waals surface area contributed by atoms with E-state index in [1.54, 1.807) is 36.0 Å². The van der Waals surface area contributed by atoms with Crippen LogP contribution in [-0.2, 0) is 0 Å². The van der Waals surface area contributed by atoms with Gasteiger partial charge in [-0.25, -0.2) is 4.79 Å². The molecule has 2 aromatic rings. The molecule has 5 heteroatoms. The fourth-order valence-corrected chi connectivity index (χ4v) is 3.39. The molecule has 118 valence electrons. The topological polar surface area (TPSA) is 64.7 Å². The number of carbonyl (C=O) groups is 1. The summed E-state index contributed by atoms with van der Waals surface area (Å²) in [5, 5.41) is 1.58. The molecule has 2 N–H and O–H groups in total. The number of esters is 1. The van der Waals surface area contributed by atoms with Crippen LogP contribution in [0.25, 0.3) is 0 Å². The first-order valence-corrected chi connectivity index (χ1v) is 8.31. The van der Waals surface area contributed by atoms with E-state index in [0.717, 1.165) is 22.7 Å². The summed E-state index contributed by atoms with van der Waals surface area (Å²) >= 11 is 1.78. The highest BCUT2D eigenvalue weighted by Gasteiger charge is 2.18. The number of aryl methyl sites for hydroxylation is 1. The number of aliphatic imine (C=N–C) groups is 1. The van der Waals surface area contributed by atoms with Crippen molar-refractivity contribution >= 4 is 28.5 Å². The number of rotatable bonds is 3. The summed E-state index contributed by atoms with van der Waals surface area (Å²) in [7, 11) is 0. The lowest BCUT2D eigenvalue weighted by molar-refractivity contribution is 0.0735. The van der Waals surface area contributed by atoms with Gasteiger partial charge in [0.05, 0.1) is 17.2 Å². The van der Waals surface area contributed by atoms with Gasteiger partial charge in [-0.15, -0.1) is 11.8 Å². The van der Waals surface area contributed by atoms with Gasteiger partial charge in [0.1, 0.15) is 5.75 Å². The van der Waals surface area contributed by atoms with E-state index in [0.29, 0.717) is 22.3 Å². The number of thioether (sulfide) groups is 1. The average molecular weight is 326 g/mol. The third kappa shape index (κ3) is 3.56. The van der Waals surface area contributed by atoms with Crippen LogP contribution in [0.3, 0.4) is 0 Å².